The molecular weight excluding hydrogens is 425 g/mol. The molecule has 2 aromatic heterocycles. The van der Waals surface area contributed by atoms with Crippen LogP contribution in [0.15, 0.2) is 46.6 Å². The van der Waals surface area contributed by atoms with Crippen LogP contribution in [0.5, 0.6) is 0 Å². The van der Waals surface area contributed by atoms with Crippen LogP contribution < -0.4 is 10.2 Å². The van der Waals surface area contributed by atoms with Crippen molar-refractivity contribution in [2.75, 3.05) is 24.5 Å². The van der Waals surface area contributed by atoms with Gasteiger partial charge in [-0.3, -0.25) is 4.40 Å². The summed E-state index contributed by atoms with van der Waals surface area (Å²) in [6, 6.07) is 5.67. The Balaban J connectivity index is 1.40. The molecule has 2 fully saturated rings. The molecule has 0 atom stereocenters. The lowest BCUT2D eigenvalue weighted by Gasteiger charge is -2.45. The maximum atomic E-state index is 6.38. The first-order valence-corrected chi connectivity index (χ1v) is 11.7. The number of imidazole rings is 1. The van der Waals surface area contributed by atoms with E-state index in [1.54, 1.807) is 17.8 Å². The van der Waals surface area contributed by atoms with E-state index >= 15 is 0 Å². The summed E-state index contributed by atoms with van der Waals surface area (Å²) in [6.07, 6.45) is 12.0. The standard InChI is InChI=1S/C21H23Cl2N5S/c22-15-4-3-5-16(18(15)23)29-17-14-25-20(28-13-10-24-19(17)28)27-11-7-21(8-12-27)6-1-2-9-26-21/h3-5,10,13-14,26H,1-2,6-9,11-12H2. The summed E-state index contributed by atoms with van der Waals surface area (Å²) < 4.78 is 2.09. The Morgan fingerprint density at radius 2 is 1.90 bits per heavy atom. The molecule has 1 N–H and O–H groups in total. The van der Waals surface area contributed by atoms with Gasteiger partial charge in [0.1, 0.15) is 0 Å². The first-order valence-electron chi connectivity index (χ1n) is 10.1. The molecule has 2 aliphatic rings. The molecule has 0 amide bonds. The van der Waals surface area contributed by atoms with Crippen molar-refractivity contribution in [2.24, 2.45) is 0 Å². The number of anilines is 1. The van der Waals surface area contributed by atoms with Crippen molar-refractivity contribution in [1.82, 2.24) is 19.7 Å². The van der Waals surface area contributed by atoms with E-state index in [1.807, 2.05) is 30.7 Å². The zero-order valence-electron chi connectivity index (χ0n) is 16.1. The Bertz CT molecular complexity index is 1020. The van der Waals surface area contributed by atoms with Crippen LogP contribution in [0.2, 0.25) is 10.0 Å². The number of benzene rings is 1. The number of piperidine rings is 2. The van der Waals surface area contributed by atoms with Gasteiger partial charge in [-0.25, -0.2) is 9.97 Å². The highest BCUT2D eigenvalue weighted by atomic mass is 35.5. The third-order valence-corrected chi connectivity index (χ3v) is 8.09. The van der Waals surface area contributed by atoms with Crippen LogP contribution in [-0.4, -0.2) is 39.5 Å². The van der Waals surface area contributed by atoms with Crippen LogP contribution in [0.25, 0.3) is 5.65 Å². The molecule has 152 valence electrons. The zero-order chi connectivity index (χ0) is 19.8. The fourth-order valence-electron chi connectivity index (χ4n) is 4.46. The molecule has 0 saturated carbocycles. The van der Waals surface area contributed by atoms with E-state index in [2.05, 4.69) is 19.6 Å². The Morgan fingerprint density at radius 1 is 1.03 bits per heavy atom. The van der Waals surface area contributed by atoms with Gasteiger partial charge in [-0.05, 0) is 44.4 Å². The van der Waals surface area contributed by atoms with Gasteiger partial charge >= 0.3 is 0 Å². The summed E-state index contributed by atoms with van der Waals surface area (Å²) in [4.78, 5) is 13.7. The van der Waals surface area contributed by atoms with Gasteiger partial charge in [0, 0.05) is 42.1 Å². The van der Waals surface area contributed by atoms with Crippen molar-refractivity contribution < 1.29 is 0 Å². The Labute approximate surface area is 184 Å². The molecule has 5 rings (SSSR count). The van der Waals surface area contributed by atoms with E-state index in [4.69, 9.17) is 28.2 Å². The van der Waals surface area contributed by atoms with Crippen LogP contribution in [0.1, 0.15) is 32.1 Å². The van der Waals surface area contributed by atoms with E-state index in [0.717, 1.165) is 41.0 Å². The van der Waals surface area contributed by atoms with E-state index in [9.17, 15) is 0 Å². The Kier molecular flexibility index (Phi) is 5.37. The largest absolute Gasteiger partial charge is 0.342 e. The molecule has 0 unspecified atom stereocenters. The van der Waals surface area contributed by atoms with Gasteiger partial charge in [0.2, 0.25) is 5.95 Å². The van der Waals surface area contributed by atoms with Gasteiger partial charge in [0.05, 0.1) is 14.9 Å². The highest BCUT2D eigenvalue weighted by Crippen LogP contribution is 2.39. The van der Waals surface area contributed by atoms with Crippen LogP contribution in [0.3, 0.4) is 0 Å². The second-order valence-corrected chi connectivity index (χ2v) is 9.72. The summed E-state index contributed by atoms with van der Waals surface area (Å²) in [6.45, 7) is 3.18. The summed E-state index contributed by atoms with van der Waals surface area (Å²) in [5.74, 6) is 0.963. The second-order valence-electron chi connectivity index (χ2n) is 7.85. The number of nitrogens with zero attached hydrogens (tertiary/aromatic N) is 4. The minimum Gasteiger partial charge on any atom is -0.342 e. The van der Waals surface area contributed by atoms with E-state index < -0.39 is 0 Å². The topological polar surface area (TPSA) is 45.5 Å². The summed E-state index contributed by atoms with van der Waals surface area (Å²) in [7, 11) is 0. The smallest absolute Gasteiger partial charge is 0.211 e. The monoisotopic (exact) mass is 447 g/mol. The van der Waals surface area contributed by atoms with Gasteiger partial charge in [0.15, 0.2) is 5.65 Å². The summed E-state index contributed by atoms with van der Waals surface area (Å²) in [5, 5.41) is 4.91. The zero-order valence-corrected chi connectivity index (χ0v) is 18.4. The van der Waals surface area contributed by atoms with Crippen molar-refractivity contribution >= 4 is 46.6 Å². The third kappa shape index (κ3) is 3.72. The first kappa shape index (κ1) is 19.5. The SMILES string of the molecule is Clc1cccc(Sc2cnc(N3CCC4(CCCCN4)CC3)n3ccnc23)c1Cl. The summed E-state index contributed by atoms with van der Waals surface area (Å²) in [5.41, 5.74) is 1.23. The third-order valence-electron chi connectivity index (χ3n) is 6.10. The first-order chi connectivity index (χ1) is 14.2. The molecule has 2 aliphatic heterocycles. The molecule has 29 heavy (non-hydrogen) atoms. The number of rotatable bonds is 3. The van der Waals surface area contributed by atoms with Gasteiger partial charge < -0.3 is 10.2 Å². The quantitative estimate of drug-likeness (QED) is 0.589. The van der Waals surface area contributed by atoms with Crippen molar-refractivity contribution in [3.05, 3.63) is 46.8 Å². The second kappa shape index (κ2) is 7.99. The molecule has 5 nitrogen and oxygen atoms in total. The average molecular weight is 448 g/mol. The molecule has 0 aliphatic carbocycles. The van der Waals surface area contributed by atoms with Crippen LogP contribution >= 0.6 is 35.0 Å². The number of fused-ring (bicyclic) bond motifs is 1. The van der Waals surface area contributed by atoms with Crippen LogP contribution in [-0.2, 0) is 0 Å². The fraction of sp³-hybridized carbons (Fsp3) is 0.429. The molecule has 4 heterocycles. The Morgan fingerprint density at radius 3 is 2.69 bits per heavy atom. The number of nitrogens with one attached hydrogen (secondary N) is 1. The minimum absolute atomic E-state index is 0.335. The molecule has 3 aromatic rings. The normalized spacial score (nSPS) is 19.2. The highest BCUT2D eigenvalue weighted by molar-refractivity contribution is 7.99. The van der Waals surface area contributed by atoms with E-state index in [-0.39, 0.29) is 0 Å². The predicted molar refractivity (Wildman–Crippen MR) is 120 cm³/mol. The van der Waals surface area contributed by atoms with Crippen LogP contribution in [0.4, 0.5) is 5.95 Å². The maximum Gasteiger partial charge on any atom is 0.211 e. The molecule has 0 radical (unpaired) electrons. The van der Waals surface area contributed by atoms with Gasteiger partial charge in [0.25, 0.3) is 0 Å². The average Bonchev–Trinajstić information content (AvgIpc) is 3.24. The highest BCUT2D eigenvalue weighted by Gasteiger charge is 2.36. The van der Waals surface area contributed by atoms with Crippen LogP contribution in [0, 0.1) is 0 Å². The maximum absolute atomic E-state index is 6.38. The Hall–Kier alpha value is -1.47. The molecule has 1 aromatic carbocycles. The van der Waals surface area contributed by atoms with E-state index in [1.165, 1.54) is 32.1 Å². The lowest BCUT2D eigenvalue weighted by Crippen LogP contribution is -2.55. The van der Waals surface area contributed by atoms with Gasteiger partial charge in [-0.15, -0.1) is 0 Å². The van der Waals surface area contributed by atoms with Crippen molar-refractivity contribution in [3.63, 3.8) is 0 Å². The molecule has 8 heteroatoms. The lowest BCUT2D eigenvalue weighted by atomic mass is 9.80. The van der Waals surface area contributed by atoms with Crippen molar-refractivity contribution in [1.29, 1.82) is 0 Å². The number of hydrogen-bond donors (Lipinski definition) is 1. The number of hydrogen-bond acceptors (Lipinski definition) is 5. The molecule has 1 spiro atoms. The number of aromatic nitrogens is 3. The molecule has 0 bridgehead atoms. The van der Waals surface area contributed by atoms with Crippen molar-refractivity contribution in [3.8, 4) is 0 Å². The fourth-order valence-corrected chi connectivity index (χ4v) is 5.87. The van der Waals surface area contributed by atoms with Crippen molar-refractivity contribution in [2.45, 2.75) is 47.4 Å². The minimum atomic E-state index is 0.335. The van der Waals surface area contributed by atoms with E-state index in [0.29, 0.717) is 15.6 Å². The lowest BCUT2D eigenvalue weighted by molar-refractivity contribution is 0.205. The summed E-state index contributed by atoms with van der Waals surface area (Å²) >= 11 is 14.1. The predicted octanol–water partition coefficient (Wildman–Crippen LogP) is 5.30. The van der Waals surface area contributed by atoms with Gasteiger partial charge in [-0.1, -0.05) is 47.5 Å². The molecule has 2 saturated heterocycles. The number of halogens is 2. The molecular formula is C21H23Cl2N5S. The van der Waals surface area contributed by atoms with Gasteiger partial charge in [-0.2, -0.15) is 0 Å².